The van der Waals surface area contributed by atoms with Gasteiger partial charge in [-0.2, -0.15) is 24.3 Å². The van der Waals surface area contributed by atoms with E-state index < -0.39 is 41.1 Å². The minimum absolute atomic E-state index is 0.349. The van der Waals surface area contributed by atoms with Crippen LogP contribution in [-0.4, -0.2) is 41.1 Å². The summed E-state index contributed by atoms with van der Waals surface area (Å²) in [5, 5.41) is 0. The Hall–Kier alpha value is -2.47. The smallest absolute Gasteiger partial charge is 0.334 e. The number of ketones is 2. The molecule has 0 heterocycles. The van der Waals surface area contributed by atoms with E-state index in [-0.39, 0.29) is 11.5 Å². The van der Waals surface area contributed by atoms with Gasteiger partial charge in [0.1, 0.15) is 11.2 Å². The molecule has 0 saturated heterocycles. The van der Waals surface area contributed by atoms with E-state index in [2.05, 4.69) is 32.7 Å². The summed E-state index contributed by atoms with van der Waals surface area (Å²) in [6.07, 6.45) is -2.78. The maximum atomic E-state index is 12.1. The number of carbonyl (C=O) groups excluding carboxylic acids is 3. The molecule has 0 aliphatic carbocycles. The highest BCUT2D eigenvalue weighted by molar-refractivity contribution is 5.96. The van der Waals surface area contributed by atoms with Crippen molar-refractivity contribution >= 4 is 17.7 Å². The van der Waals surface area contributed by atoms with Crippen molar-refractivity contribution in [1.82, 2.24) is 0 Å². The molecule has 0 aromatic rings. The van der Waals surface area contributed by atoms with E-state index in [0.29, 0.717) is 12.8 Å². The molecule has 32 heavy (non-hydrogen) atoms. The van der Waals surface area contributed by atoms with E-state index in [1.54, 1.807) is 27.7 Å². The molecule has 0 radical (unpaired) electrons. The second-order valence-corrected chi connectivity index (χ2v) is 8.03. The fourth-order valence-corrected chi connectivity index (χ4v) is 1.30. The number of rotatable bonds is 16. The zero-order valence-electron chi connectivity index (χ0n) is 20.0. The molecule has 184 valence electrons. The Morgan fingerprint density at radius 3 is 1.28 bits per heavy atom. The summed E-state index contributed by atoms with van der Waals surface area (Å²) in [7, 11) is 0. The zero-order valence-corrected chi connectivity index (χ0v) is 20.0. The van der Waals surface area contributed by atoms with E-state index in [1.807, 2.05) is 13.8 Å². The first kappa shape index (κ1) is 29.5. The van der Waals surface area contributed by atoms with Crippen molar-refractivity contribution in [2.75, 3.05) is 0 Å². The lowest BCUT2D eigenvalue weighted by atomic mass is 10.1. The third-order valence-corrected chi connectivity index (χ3v) is 4.25. The summed E-state index contributed by atoms with van der Waals surface area (Å²) in [6, 6.07) is 0. The quantitative estimate of drug-likeness (QED) is 0.142. The normalized spacial score (nSPS) is 13.5. The van der Waals surface area contributed by atoms with Crippen LogP contribution in [0.4, 0.5) is 4.79 Å². The van der Waals surface area contributed by atoms with Gasteiger partial charge in [0, 0.05) is 0 Å². The molecule has 0 aliphatic heterocycles. The summed E-state index contributed by atoms with van der Waals surface area (Å²) in [6.45, 7) is 20.2. The molecule has 2 unspecified atom stereocenters. The lowest BCUT2D eigenvalue weighted by Gasteiger charge is -2.22. The average Bonchev–Trinajstić information content (AvgIpc) is 2.76. The molecule has 0 saturated carbocycles. The third-order valence-electron chi connectivity index (χ3n) is 4.25. The maximum absolute atomic E-state index is 12.1. The standard InChI is InChI=1S/C21H34O11/c1-11-20(7,8)31-27-15(5)17(22)13(3)25-29-19(24)30-26-14(4)18(23)16(6)28-32-21(9,10)12-2/h13-14H,5-6,11-12H2,1-4,7-10H3. The molecule has 0 aliphatic rings. The van der Waals surface area contributed by atoms with Gasteiger partial charge in [0.15, 0.2) is 12.2 Å². The topological polar surface area (TPSA) is 125 Å². The first-order valence-corrected chi connectivity index (χ1v) is 10.0. The lowest BCUT2D eigenvalue weighted by Crippen LogP contribution is -2.29. The minimum Gasteiger partial charge on any atom is -0.334 e. The Balaban J connectivity index is 4.37. The van der Waals surface area contributed by atoms with Crippen LogP contribution in [0.25, 0.3) is 0 Å². The predicted molar refractivity (Wildman–Crippen MR) is 110 cm³/mol. The van der Waals surface area contributed by atoms with Crippen LogP contribution in [0.5, 0.6) is 0 Å². The van der Waals surface area contributed by atoms with Crippen LogP contribution >= 0.6 is 0 Å². The van der Waals surface area contributed by atoms with Crippen LogP contribution in [-0.2, 0) is 48.7 Å². The predicted octanol–water partition coefficient (Wildman–Crippen LogP) is 4.22. The van der Waals surface area contributed by atoms with Gasteiger partial charge in [-0.25, -0.2) is 0 Å². The van der Waals surface area contributed by atoms with Crippen LogP contribution in [0, 0.1) is 0 Å². The molecule has 0 aromatic carbocycles. The number of hydrogen-bond donors (Lipinski definition) is 0. The summed E-state index contributed by atoms with van der Waals surface area (Å²) < 4.78 is 0. The Morgan fingerprint density at radius 1 is 0.688 bits per heavy atom. The summed E-state index contributed by atoms with van der Waals surface area (Å²) in [4.78, 5) is 73.5. The fraction of sp³-hybridized carbons (Fsp3) is 0.667. The van der Waals surface area contributed by atoms with Crippen molar-refractivity contribution in [2.24, 2.45) is 0 Å². The lowest BCUT2D eigenvalue weighted by molar-refractivity contribution is -0.342. The maximum Gasteiger partial charge on any atom is 0.573 e. The highest BCUT2D eigenvalue weighted by atomic mass is 17.3. The highest BCUT2D eigenvalue weighted by Gasteiger charge is 2.27. The van der Waals surface area contributed by atoms with Crippen LogP contribution in [0.15, 0.2) is 24.7 Å². The summed E-state index contributed by atoms with van der Waals surface area (Å²) >= 11 is 0. The van der Waals surface area contributed by atoms with E-state index in [9.17, 15) is 14.4 Å². The van der Waals surface area contributed by atoms with Gasteiger partial charge in [0.25, 0.3) is 0 Å². The Labute approximate surface area is 188 Å². The van der Waals surface area contributed by atoms with Crippen molar-refractivity contribution in [3.63, 3.8) is 0 Å². The van der Waals surface area contributed by atoms with Crippen molar-refractivity contribution in [2.45, 2.75) is 91.6 Å². The van der Waals surface area contributed by atoms with E-state index >= 15 is 0 Å². The molecule has 2 atom stereocenters. The highest BCUT2D eigenvalue weighted by Crippen LogP contribution is 2.18. The Morgan fingerprint density at radius 2 is 1.00 bits per heavy atom. The summed E-state index contributed by atoms with van der Waals surface area (Å²) in [5.74, 6) is -2.17. The van der Waals surface area contributed by atoms with E-state index in [1.165, 1.54) is 13.8 Å². The SMILES string of the molecule is C=C(OOC(C)(C)CC)C(=O)C(C)OOC(=O)OOC(C)C(=O)C(=C)OOC(C)(C)CC. The van der Waals surface area contributed by atoms with Crippen LogP contribution in [0.2, 0.25) is 0 Å². The van der Waals surface area contributed by atoms with Crippen LogP contribution in [0.1, 0.15) is 68.2 Å². The minimum atomic E-state index is -1.46. The van der Waals surface area contributed by atoms with Crippen molar-refractivity contribution in [1.29, 1.82) is 0 Å². The zero-order chi connectivity index (χ0) is 25.1. The molecule has 0 N–H and O–H groups in total. The van der Waals surface area contributed by atoms with Crippen molar-refractivity contribution < 1.29 is 53.5 Å². The average molecular weight is 462 g/mol. The van der Waals surface area contributed by atoms with Gasteiger partial charge in [-0.1, -0.05) is 13.8 Å². The molecule has 0 bridgehead atoms. The van der Waals surface area contributed by atoms with Gasteiger partial charge < -0.3 is 9.78 Å². The molecule has 0 aromatic heterocycles. The molecular weight excluding hydrogens is 428 g/mol. The molecule has 11 nitrogen and oxygen atoms in total. The Kier molecular flexibility index (Phi) is 12.1. The number of carbonyl (C=O) groups is 3. The summed E-state index contributed by atoms with van der Waals surface area (Å²) in [5.41, 5.74) is -1.26. The van der Waals surface area contributed by atoms with Gasteiger partial charge in [0.2, 0.25) is 23.1 Å². The van der Waals surface area contributed by atoms with Crippen molar-refractivity contribution in [3.8, 4) is 0 Å². The number of hydrogen-bond acceptors (Lipinski definition) is 11. The fourth-order valence-electron chi connectivity index (χ4n) is 1.30. The molecule has 0 rings (SSSR count). The van der Waals surface area contributed by atoms with Gasteiger partial charge in [-0.05, 0) is 67.5 Å². The third kappa shape index (κ3) is 11.2. The Bertz CT molecular complexity index is 625. The molecular formula is C21H34O11. The van der Waals surface area contributed by atoms with Gasteiger partial charge >= 0.3 is 6.16 Å². The second kappa shape index (κ2) is 13.2. The molecule has 0 amide bonds. The first-order chi connectivity index (χ1) is 14.7. The largest absolute Gasteiger partial charge is 0.573 e. The van der Waals surface area contributed by atoms with Gasteiger partial charge in [-0.3, -0.25) is 19.4 Å². The molecule has 0 fully saturated rings. The van der Waals surface area contributed by atoms with Gasteiger partial charge in [-0.15, -0.1) is 0 Å². The number of Topliss-reactive ketones (excluding diaryl/α,β-unsaturated/α-hetero) is 2. The van der Waals surface area contributed by atoms with Crippen LogP contribution in [0.3, 0.4) is 0 Å². The van der Waals surface area contributed by atoms with Crippen molar-refractivity contribution in [3.05, 3.63) is 24.7 Å². The monoisotopic (exact) mass is 462 g/mol. The van der Waals surface area contributed by atoms with E-state index in [4.69, 9.17) is 19.6 Å². The van der Waals surface area contributed by atoms with Gasteiger partial charge in [0.05, 0.1) is 0 Å². The van der Waals surface area contributed by atoms with Crippen LogP contribution < -0.4 is 0 Å². The van der Waals surface area contributed by atoms with E-state index in [0.717, 1.165) is 0 Å². The second-order valence-electron chi connectivity index (χ2n) is 8.03. The molecule has 0 spiro atoms. The first-order valence-electron chi connectivity index (χ1n) is 10.0. The molecule has 11 heteroatoms.